The predicted octanol–water partition coefficient (Wildman–Crippen LogP) is 1.19. The summed E-state index contributed by atoms with van der Waals surface area (Å²) >= 11 is 0. The molecule has 7 nitrogen and oxygen atoms in total. The summed E-state index contributed by atoms with van der Waals surface area (Å²) in [6.07, 6.45) is -5.00. The van der Waals surface area contributed by atoms with Crippen LogP contribution in [0.4, 0.5) is 19.0 Å². The molecule has 0 bridgehead atoms. The number of aromatic nitrogens is 1. The SMILES string of the molecule is CN(CC(=O)O)CC1CN(c2nc(C(F)(F)F)ccc2C#N)CCO1. The number of alkyl halides is 3. The number of carboxylic acids is 1. The number of hydrogen-bond donors (Lipinski definition) is 1. The number of carbonyl (C=O) groups is 1. The van der Waals surface area contributed by atoms with Crippen LogP contribution in [0.25, 0.3) is 0 Å². The highest BCUT2D eigenvalue weighted by Gasteiger charge is 2.34. The highest BCUT2D eigenvalue weighted by molar-refractivity contribution is 5.69. The first-order valence-electron chi connectivity index (χ1n) is 7.46. The van der Waals surface area contributed by atoms with Gasteiger partial charge >= 0.3 is 12.1 Å². The van der Waals surface area contributed by atoms with Crippen molar-refractivity contribution in [3.63, 3.8) is 0 Å². The number of pyridine rings is 1. The molecule has 1 N–H and O–H groups in total. The Morgan fingerprint density at radius 1 is 1.56 bits per heavy atom. The van der Waals surface area contributed by atoms with Gasteiger partial charge in [-0.2, -0.15) is 18.4 Å². The summed E-state index contributed by atoms with van der Waals surface area (Å²) in [4.78, 5) is 17.4. The highest BCUT2D eigenvalue weighted by atomic mass is 19.4. The number of nitriles is 1. The molecule has 1 aliphatic rings. The zero-order valence-electron chi connectivity index (χ0n) is 13.5. The number of likely N-dealkylation sites (N-methyl/N-ethyl adjacent to an activating group) is 1. The van der Waals surface area contributed by atoms with Crippen LogP contribution in [0, 0.1) is 11.3 Å². The van der Waals surface area contributed by atoms with Crippen molar-refractivity contribution in [2.24, 2.45) is 0 Å². The third kappa shape index (κ3) is 5.04. The molecule has 0 aromatic carbocycles. The lowest BCUT2D eigenvalue weighted by molar-refractivity contribution is -0.141. The summed E-state index contributed by atoms with van der Waals surface area (Å²) in [6.45, 7) is 0.873. The fourth-order valence-corrected chi connectivity index (χ4v) is 2.60. The van der Waals surface area contributed by atoms with Crippen molar-refractivity contribution in [3.8, 4) is 6.07 Å². The first-order valence-corrected chi connectivity index (χ1v) is 7.46. The minimum Gasteiger partial charge on any atom is -0.480 e. The van der Waals surface area contributed by atoms with Gasteiger partial charge < -0.3 is 14.7 Å². The van der Waals surface area contributed by atoms with E-state index >= 15 is 0 Å². The van der Waals surface area contributed by atoms with Gasteiger partial charge in [-0.15, -0.1) is 0 Å². The zero-order valence-corrected chi connectivity index (χ0v) is 13.5. The van der Waals surface area contributed by atoms with Crippen LogP contribution in [0.15, 0.2) is 12.1 Å². The predicted molar refractivity (Wildman–Crippen MR) is 81.0 cm³/mol. The number of hydrogen-bond acceptors (Lipinski definition) is 6. The van der Waals surface area contributed by atoms with E-state index in [0.29, 0.717) is 13.1 Å². The fourth-order valence-electron chi connectivity index (χ4n) is 2.60. The van der Waals surface area contributed by atoms with Crippen LogP contribution in [0.1, 0.15) is 11.3 Å². The Labute approximate surface area is 142 Å². The monoisotopic (exact) mass is 358 g/mol. The van der Waals surface area contributed by atoms with Gasteiger partial charge in [-0.25, -0.2) is 4.98 Å². The molecule has 0 aliphatic carbocycles. The Morgan fingerprint density at radius 2 is 2.28 bits per heavy atom. The molecule has 0 radical (unpaired) electrons. The molecule has 1 saturated heterocycles. The molecule has 136 valence electrons. The molecule has 0 spiro atoms. The number of halogens is 3. The number of ether oxygens (including phenoxy) is 1. The zero-order chi connectivity index (χ0) is 18.6. The highest BCUT2D eigenvalue weighted by Crippen LogP contribution is 2.31. The van der Waals surface area contributed by atoms with Gasteiger partial charge in [0.1, 0.15) is 17.6 Å². The van der Waals surface area contributed by atoms with Gasteiger partial charge in [0.2, 0.25) is 0 Å². The molecule has 2 rings (SSSR count). The first-order chi connectivity index (χ1) is 11.7. The molecule has 1 unspecified atom stereocenters. The van der Waals surface area contributed by atoms with E-state index in [1.165, 1.54) is 0 Å². The minimum atomic E-state index is -4.60. The van der Waals surface area contributed by atoms with Gasteiger partial charge in [0.05, 0.1) is 24.8 Å². The average molecular weight is 358 g/mol. The molecule has 1 atom stereocenters. The minimum absolute atomic E-state index is 0.0356. The lowest BCUT2D eigenvalue weighted by atomic mass is 10.2. The second kappa shape index (κ2) is 7.67. The van der Waals surface area contributed by atoms with Crippen molar-refractivity contribution in [3.05, 3.63) is 23.4 Å². The van der Waals surface area contributed by atoms with Gasteiger partial charge in [0.15, 0.2) is 0 Å². The van der Waals surface area contributed by atoms with Crippen molar-refractivity contribution >= 4 is 11.8 Å². The third-order valence-electron chi connectivity index (χ3n) is 3.64. The van der Waals surface area contributed by atoms with Crippen LogP contribution in [-0.2, 0) is 15.7 Å². The number of morpholine rings is 1. The van der Waals surface area contributed by atoms with Crippen LogP contribution in [0.5, 0.6) is 0 Å². The van der Waals surface area contributed by atoms with Crippen LogP contribution in [0.3, 0.4) is 0 Å². The van der Waals surface area contributed by atoms with Crippen LogP contribution >= 0.6 is 0 Å². The summed E-state index contributed by atoms with van der Waals surface area (Å²) in [5.74, 6) is -1.02. The summed E-state index contributed by atoms with van der Waals surface area (Å²) in [6, 6.07) is 3.73. The summed E-state index contributed by atoms with van der Waals surface area (Å²) in [5, 5.41) is 17.9. The summed E-state index contributed by atoms with van der Waals surface area (Å²) in [5.41, 5.74) is -1.01. The van der Waals surface area contributed by atoms with E-state index in [4.69, 9.17) is 15.1 Å². The topological polar surface area (TPSA) is 89.7 Å². The van der Waals surface area contributed by atoms with E-state index in [0.717, 1.165) is 12.1 Å². The lowest BCUT2D eigenvalue weighted by Gasteiger charge is -2.35. The molecule has 1 fully saturated rings. The Balaban J connectivity index is 2.17. The Hall–Kier alpha value is -2.38. The van der Waals surface area contributed by atoms with E-state index in [9.17, 15) is 18.0 Å². The maximum Gasteiger partial charge on any atom is 0.433 e. The molecule has 0 amide bonds. The molecule has 2 heterocycles. The summed E-state index contributed by atoms with van der Waals surface area (Å²) < 4.78 is 44.2. The maximum atomic E-state index is 12.9. The Kier molecular flexibility index (Phi) is 5.81. The lowest BCUT2D eigenvalue weighted by Crippen LogP contribution is -2.48. The normalized spacial score (nSPS) is 18.2. The van der Waals surface area contributed by atoms with Crippen molar-refractivity contribution < 1.29 is 27.8 Å². The van der Waals surface area contributed by atoms with E-state index in [-0.39, 0.29) is 31.1 Å². The van der Waals surface area contributed by atoms with Crippen LogP contribution in [-0.4, -0.2) is 66.9 Å². The maximum absolute atomic E-state index is 12.9. The molecular weight excluding hydrogens is 341 g/mol. The van der Waals surface area contributed by atoms with Gasteiger partial charge in [-0.1, -0.05) is 0 Å². The molecule has 1 aliphatic heterocycles. The van der Waals surface area contributed by atoms with Gasteiger partial charge in [0.25, 0.3) is 0 Å². The third-order valence-corrected chi connectivity index (χ3v) is 3.64. The number of aliphatic carboxylic acids is 1. The molecule has 10 heteroatoms. The molecular formula is C15H17F3N4O3. The Morgan fingerprint density at radius 3 is 2.88 bits per heavy atom. The fraction of sp³-hybridized carbons (Fsp3) is 0.533. The van der Waals surface area contributed by atoms with E-state index in [1.54, 1.807) is 16.8 Å². The number of carboxylic acid groups (broad SMARTS) is 1. The van der Waals surface area contributed by atoms with Crippen LogP contribution < -0.4 is 4.90 Å². The van der Waals surface area contributed by atoms with Crippen molar-refractivity contribution in [1.29, 1.82) is 5.26 Å². The second-order valence-corrected chi connectivity index (χ2v) is 5.71. The van der Waals surface area contributed by atoms with Crippen molar-refractivity contribution in [2.75, 3.05) is 44.7 Å². The first kappa shape index (κ1) is 19.0. The van der Waals surface area contributed by atoms with E-state index in [2.05, 4.69) is 4.98 Å². The summed E-state index contributed by atoms with van der Waals surface area (Å²) in [7, 11) is 1.61. The average Bonchev–Trinajstić information content (AvgIpc) is 2.52. The van der Waals surface area contributed by atoms with Gasteiger partial charge in [-0.05, 0) is 19.2 Å². The second-order valence-electron chi connectivity index (χ2n) is 5.71. The molecule has 1 aromatic rings. The number of nitrogens with zero attached hydrogens (tertiary/aromatic N) is 4. The van der Waals surface area contributed by atoms with Crippen LogP contribution in [0.2, 0.25) is 0 Å². The molecule has 0 saturated carbocycles. The standard InChI is InChI=1S/C15H17F3N4O3/c1-21(9-13(23)24)7-11-8-22(4-5-25-11)14-10(6-19)2-3-12(20-14)15(16,17)18/h2-3,11H,4-5,7-9H2,1H3,(H,23,24). The van der Waals surface area contributed by atoms with Gasteiger partial charge in [0, 0.05) is 19.6 Å². The largest absolute Gasteiger partial charge is 0.480 e. The number of anilines is 1. The number of rotatable bonds is 5. The van der Waals surface area contributed by atoms with Crippen molar-refractivity contribution in [2.45, 2.75) is 12.3 Å². The van der Waals surface area contributed by atoms with E-state index in [1.807, 2.05) is 6.07 Å². The Bertz CT molecular complexity index is 675. The molecule has 25 heavy (non-hydrogen) atoms. The molecule has 1 aromatic heterocycles. The van der Waals surface area contributed by atoms with E-state index < -0.39 is 23.9 Å². The smallest absolute Gasteiger partial charge is 0.433 e. The quantitative estimate of drug-likeness (QED) is 0.846. The van der Waals surface area contributed by atoms with Gasteiger partial charge in [-0.3, -0.25) is 9.69 Å². The van der Waals surface area contributed by atoms with Crippen molar-refractivity contribution in [1.82, 2.24) is 9.88 Å².